The van der Waals surface area contributed by atoms with E-state index in [1.54, 1.807) is 0 Å². The SMILES string of the molecule is COC(=O)N[C@@H](CSc1ccccc1)C(=O)OC. The highest BCUT2D eigenvalue weighted by molar-refractivity contribution is 7.99. The monoisotopic (exact) mass is 269 g/mol. The molecule has 1 aromatic rings. The molecule has 0 saturated carbocycles. The molecule has 18 heavy (non-hydrogen) atoms. The molecule has 0 fully saturated rings. The van der Waals surface area contributed by atoms with Crippen LogP contribution in [0.2, 0.25) is 0 Å². The van der Waals surface area contributed by atoms with Gasteiger partial charge in [-0.3, -0.25) is 0 Å². The molecule has 1 atom stereocenters. The maximum absolute atomic E-state index is 11.5. The van der Waals surface area contributed by atoms with Crippen molar-refractivity contribution in [1.29, 1.82) is 0 Å². The molecule has 0 spiro atoms. The summed E-state index contributed by atoms with van der Waals surface area (Å²) in [5.41, 5.74) is 0. The Labute approximate surface area is 110 Å². The highest BCUT2D eigenvalue weighted by atomic mass is 32.2. The number of methoxy groups -OCH3 is 2. The standard InChI is InChI=1S/C12H15NO4S/c1-16-11(14)10(13-12(15)17-2)8-18-9-6-4-3-5-7-9/h3-7,10H,8H2,1-2H3,(H,13,15)/t10-/m0/s1. The summed E-state index contributed by atoms with van der Waals surface area (Å²) >= 11 is 1.45. The summed E-state index contributed by atoms with van der Waals surface area (Å²) in [6.07, 6.45) is -0.654. The number of hydrogen-bond acceptors (Lipinski definition) is 5. The number of benzene rings is 1. The molecule has 0 saturated heterocycles. The van der Waals surface area contributed by atoms with Gasteiger partial charge in [0, 0.05) is 10.6 Å². The van der Waals surface area contributed by atoms with E-state index in [1.165, 1.54) is 26.0 Å². The number of amides is 1. The first-order valence-corrected chi connectivity index (χ1v) is 6.26. The molecule has 6 heteroatoms. The van der Waals surface area contributed by atoms with Crippen molar-refractivity contribution in [1.82, 2.24) is 5.32 Å². The molecule has 0 aliphatic carbocycles. The van der Waals surface area contributed by atoms with Gasteiger partial charge in [0.1, 0.15) is 6.04 Å². The number of alkyl carbamates (subject to hydrolysis) is 1. The Balaban J connectivity index is 2.56. The van der Waals surface area contributed by atoms with Gasteiger partial charge in [0.15, 0.2) is 0 Å². The molecule has 0 bridgehead atoms. The molecular formula is C12H15NO4S. The Morgan fingerprint density at radius 3 is 2.44 bits per heavy atom. The Bertz CT molecular complexity index is 396. The van der Waals surface area contributed by atoms with Crippen LogP contribution in [-0.4, -0.2) is 38.1 Å². The molecular weight excluding hydrogens is 254 g/mol. The first-order valence-electron chi connectivity index (χ1n) is 5.27. The quantitative estimate of drug-likeness (QED) is 0.650. The Morgan fingerprint density at radius 2 is 1.89 bits per heavy atom. The van der Waals surface area contributed by atoms with Crippen molar-refractivity contribution >= 4 is 23.8 Å². The summed E-state index contributed by atoms with van der Waals surface area (Å²) < 4.78 is 9.08. The van der Waals surface area contributed by atoms with Crippen LogP contribution in [0.25, 0.3) is 0 Å². The minimum absolute atomic E-state index is 0.381. The summed E-state index contributed by atoms with van der Waals surface area (Å²) in [6.45, 7) is 0. The summed E-state index contributed by atoms with van der Waals surface area (Å²) in [4.78, 5) is 23.6. The van der Waals surface area contributed by atoms with Gasteiger partial charge in [-0.15, -0.1) is 11.8 Å². The molecule has 0 radical (unpaired) electrons. The number of rotatable bonds is 5. The lowest BCUT2D eigenvalue weighted by Crippen LogP contribution is -2.43. The first kappa shape index (κ1) is 14.4. The van der Waals surface area contributed by atoms with Crippen LogP contribution in [0.5, 0.6) is 0 Å². The zero-order valence-electron chi connectivity index (χ0n) is 10.2. The van der Waals surface area contributed by atoms with Gasteiger partial charge >= 0.3 is 12.1 Å². The predicted molar refractivity (Wildman–Crippen MR) is 68.5 cm³/mol. The maximum atomic E-state index is 11.5. The molecule has 0 unspecified atom stereocenters. The van der Waals surface area contributed by atoms with E-state index in [1.807, 2.05) is 30.3 Å². The molecule has 1 amide bonds. The van der Waals surface area contributed by atoms with E-state index >= 15 is 0 Å². The van der Waals surface area contributed by atoms with Crippen LogP contribution in [0, 0.1) is 0 Å². The minimum atomic E-state index is -0.729. The van der Waals surface area contributed by atoms with Crippen LogP contribution in [0.4, 0.5) is 4.79 Å². The second-order valence-electron chi connectivity index (χ2n) is 3.34. The largest absolute Gasteiger partial charge is 0.467 e. The van der Waals surface area contributed by atoms with E-state index in [9.17, 15) is 9.59 Å². The van der Waals surface area contributed by atoms with Crippen LogP contribution in [0.15, 0.2) is 35.2 Å². The van der Waals surface area contributed by atoms with Crippen LogP contribution in [-0.2, 0) is 14.3 Å². The van der Waals surface area contributed by atoms with Crippen molar-refractivity contribution in [2.75, 3.05) is 20.0 Å². The molecule has 1 aromatic carbocycles. The second kappa shape index (κ2) is 7.60. The average molecular weight is 269 g/mol. The number of nitrogens with one attached hydrogen (secondary N) is 1. The van der Waals surface area contributed by atoms with Crippen LogP contribution in [0.1, 0.15) is 0 Å². The lowest BCUT2D eigenvalue weighted by Gasteiger charge is -2.15. The second-order valence-corrected chi connectivity index (χ2v) is 4.43. The van der Waals surface area contributed by atoms with E-state index < -0.39 is 18.1 Å². The Kier molecular flexibility index (Phi) is 6.07. The number of carbonyl (C=O) groups excluding carboxylic acids is 2. The third kappa shape index (κ3) is 4.67. The normalized spacial score (nSPS) is 11.4. The highest BCUT2D eigenvalue weighted by Gasteiger charge is 2.21. The molecule has 0 aliphatic rings. The van der Waals surface area contributed by atoms with Gasteiger partial charge < -0.3 is 14.8 Å². The Morgan fingerprint density at radius 1 is 1.22 bits per heavy atom. The van der Waals surface area contributed by atoms with Crippen LogP contribution in [0.3, 0.4) is 0 Å². The van der Waals surface area contributed by atoms with Crippen molar-refractivity contribution in [3.63, 3.8) is 0 Å². The van der Waals surface area contributed by atoms with Gasteiger partial charge in [-0.05, 0) is 12.1 Å². The van der Waals surface area contributed by atoms with Crippen molar-refractivity contribution in [3.8, 4) is 0 Å². The molecule has 1 N–H and O–H groups in total. The Hall–Kier alpha value is -1.69. The van der Waals surface area contributed by atoms with Gasteiger partial charge in [-0.2, -0.15) is 0 Å². The smallest absolute Gasteiger partial charge is 0.407 e. The lowest BCUT2D eigenvalue weighted by atomic mass is 10.3. The fourth-order valence-corrected chi connectivity index (χ4v) is 2.14. The zero-order valence-corrected chi connectivity index (χ0v) is 11.0. The van der Waals surface area contributed by atoms with Gasteiger partial charge in [-0.25, -0.2) is 9.59 Å². The maximum Gasteiger partial charge on any atom is 0.407 e. The van der Waals surface area contributed by atoms with Gasteiger partial charge in [0.25, 0.3) is 0 Å². The molecule has 5 nitrogen and oxygen atoms in total. The van der Waals surface area contributed by atoms with Crippen molar-refractivity contribution < 1.29 is 19.1 Å². The number of hydrogen-bond donors (Lipinski definition) is 1. The van der Waals surface area contributed by atoms with Crippen LogP contribution >= 0.6 is 11.8 Å². The predicted octanol–water partition coefficient (Wildman–Crippen LogP) is 1.68. The molecule has 0 aliphatic heterocycles. The van der Waals surface area contributed by atoms with Gasteiger partial charge in [0.2, 0.25) is 0 Å². The highest BCUT2D eigenvalue weighted by Crippen LogP contribution is 2.18. The minimum Gasteiger partial charge on any atom is -0.467 e. The fraction of sp³-hybridized carbons (Fsp3) is 0.333. The third-order valence-corrected chi connectivity index (χ3v) is 3.23. The number of esters is 1. The third-order valence-electron chi connectivity index (χ3n) is 2.12. The average Bonchev–Trinajstić information content (AvgIpc) is 2.43. The van der Waals surface area contributed by atoms with E-state index in [0.29, 0.717) is 5.75 Å². The first-order chi connectivity index (χ1) is 8.67. The van der Waals surface area contributed by atoms with E-state index in [2.05, 4.69) is 14.8 Å². The molecule has 0 aromatic heterocycles. The van der Waals surface area contributed by atoms with Crippen molar-refractivity contribution in [3.05, 3.63) is 30.3 Å². The van der Waals surface area contributed by atoms with Crippen molar-refractivity contribution in [2.24, 2.45) is 0 Å². The summed E-state index contributed by atoms with van der Waals surface area (Å²) in [5.74, 6) is -0.116. The summed E-state index contributed by atoms with van der Waals surface area (Å²) in [7, 11) is 2.52. The fourth-order valence-electron chi connectivity index (χ4n) is 1.21. The number of carbonyl (C=O) groups is 2. The molecule has 0 heterocycles. The zero-order chi connectivity index (χ0) is 13.4. The van der Waals surface area contributed by atoms with Crippen molar-refractivity contribution in [2.45, 2.75) is 10.9 Å². The van der Waals surface area contributed by atoms with Crippen LogP contribution < -0.4 is 5.32 Å². The summed E-state index contributed by atoms with van der Waals surface area (Å²) in [6, 6.07) is 8.85. The van der Waals surface area contributed by atoms with E-state index in [4.69, 9.17) is 0 Å². The van der Waals surface area contributed by atoms with Gasteiger partial charge in [-0.1, -0.05) is 18.2 Å². The number of ether oxygens (including phenoxy) is 2. The summed E-state index contributed by atoms with van der Waals surface area (Å²) in [5, 5.41) is 2.43. The number of thioether (sulfide) groups is 1. The lowest BCUT2D eigenvalue weighted by molar-refractivity contribution is -0.142. The van der Waals surface area contributed by atoms with Gasteiger partial charge in [0.05, 0.1) is 14.2 Å². The van der Waals surface area contributed by atoms with E-state index in [0.717, 1.165) is 4.90 Å². The topological polar surface area (TPSA) is 64.6 Å². The molecule has 98 valence electrons. The van der Waals surface area contributed by atoms with E-state index in [-0.39, 0.29) is 0 Å². The molecule has 1 rings (SSSR count).